The molecule has 0 aliphatic carbocycles. The fraction of sp³-hybridized carbons (Fsp3) is 0.238. The first-order valence-electron chi connectivity index (χ1n) is 8.39. The molecule has 0 aromatic heterocycles. The molecule has 0 fully saturated rings. The summed E-state index contributed by atoms with van der Waals surface area (Å²) in [6.07, 6.45) is 2.69. The molecule has 0 radical (unpaired) electrons. The van der Waals surface area contributed by atoms with E-state index in [4.69, 9.17) is 14.6 Å². The van der Waals surface area contributed by atoms with Crippen LogP contribution in [0.3, 0.4) is 0 Å². The van der Waals surface area contributed by atoms with Crippen molar-refractivity contribution in [3.05, 3.63) is 56.7 Å². The summed E-state index contributed by atoms with van der Waals surface area (Å²) in [6.45, 7) is 4.05. The molecule has 2 rings (SSSR count). The van der Waals surface area contributed by atoms with Crippen molar-refractivity contribution in [3.63, 3.8) is 0 Å². The first-order valence-corrected chi connectivity index (χ1v) is 9.47. The first-order chi connectivity index (χ1) is 12.9. The van der Waals surface area contributed by atoms with Gasteiger partial charge < -0.3 is 14.6 Å². The Hall–Kier alpha value is -2.53. The number of hydrogen-bond acceptors (Lipinski definition) is 4. The van der Waals surface area contributed by atoms with Crippen LogP contribution in [-0.4, -0.2) is 24.3 Å². The Morgan fingerprint density at radius 2 is 1.93 bits per heavy atom. The molecule has 1 unspecified atom stereocenters. The number of hydrogen-bond donors (Lipinski definition) is 1. The molecule has 0 saturated carbocycles. The summed E-state index contributed by atoms with van der Waals surface area (Å²) in [7, 11) is 1.58. The molecule has 140 valence electrons. The number of carboxylic acid groups (broad SMARTS) is 1. The van der Waals surface area contributed by atoms with Crippen molar-refractivity contribution in [2.24, 2.45) is 0 Å². The second kappa shape index (κ2) is 9.42. The molecule has 1 atom stereocenters. The van der Waals surface area contributed by atoms with E-state index in [0.717, 1.165) is 15.6 Å². The molecule has 27 heavy (non-hydrogen) atoms. The van der Waals surface area contributed by atoms with E-state index in [1.165, 1.54) is 12.1 Å². The van der Waals surface area contributed by atoms with Gasteiger partial charge in [0.1, 0.15) is 0 Å². The van der Waals surface area contributed by atoms with Gasteiger partial charge in [-0.3, -0.25) is 0 Å². The number of allylic oxidation sites excluding steroid dienone is 1. The normalized spacial score (nSPS) is 12.2. The predicted molar refractivity (Wildman–Crippen MR) is 113 cm³/mol. The molecular weight excluding hydrogens is 457 g/mol. The van der Waals surface area contributed by atoms with Crippen LogP contribution in [-0.2, 0) is 0 Å². The van der Waals surface area contributed by atoms with Crippen molar-refractivity contribution < 1.29 is 19.4 Å². The van der Waals surface area contributed by atoms with Gasteiger partial charge in [-0.05, 0) is 77.4 Å². The van der Waals surface area contributed by atoms with Crippen molar-refractivity contribution in [1.82, 2.24) is 0 Å². The number of methoxy groups -OCH3 is 1. The zero-order valence-corrected chi connectivity index (χ0v) is 17.5. The van der Waals surface area contributed by atoms with Gasteiger partial charge in [-0.2, -0.15) is 5.26 Å². The third-order valence-corrected chi connectivity index (χ3v) is 4.82. The zero-order chi connectivity index (χ0) is 20.0. The summed E-state index contributed by atoms with van der Waals surface area (Å²) in [5.41, 5.74) is 2.06. The third kappa shape index (κ3) is 5.23. The van der Waals surface area contributed by atoms with E-state index in [-0.39, 0.29) is 11.7 Å². The van der Waals surface area contributed by atoms with E-state index in [1.54, 1.807) is 25.3 Å². The van der Waals surface area contributed by atoms with E-state index in [1.807, 2.05) is 19.1 Å². The summed E-state index contributed by atoms with van der Waals surface area (Å²) in [4.78, 5) is 11.0. The maximum Gasteiger partial charge on any atom is 0.335 e. The Morgan fingerprint density at radius 3 is 2.44 bits per heavy atom. The van der Waals surface area contributed by atoms with Crippen LogP contribution >= 0.6 is 22.6 Å². The molecular formula is C21H20INO4. The minimum absolute atomic E-state index is 0.0660. The molecule has 0 aliphatic rings. The minimum Gasteiger partial charge on any atom is -0.493 e. The lowest BCUT2D eigenvalue weighted by molar-refractivity contribution is 0.0697. The Morgan fingerprint density at radius 1 is 1.30 bits per heavy atom. The minimum atomic E-state index is -1.000. The molecule has 0 aliphatic heterocycles. The number of carboxylic acids is 1. The van der Waals surface area contributed by atoms with E-state index < -0.39 is 5.97 Å². The molecule has 0 saturated heterocycles. The number of benzene rings is 2. The van der Waals surface area contributed by atoms with Crippen LogP contribution in [0.5, 0.6) is 11.5 Å². The molecule has 1 N–H and O–H groups in total. The van der Waals surface area contributed by atoms with E-state index >= 15 is 0 Å². The average Bonchev–Trinajstić information content (AvgIpc) is 2.67. The van der Waals surface area contributed by atoms with Crippen molar-refractivity contribution in [2.75, 3.05) is 7.11 Å². The van der Waals surface area contributed by atoms with Crippen LogP contribution < -0.4 is 9.47 Å². The molecule has 0 heterocycles. The number of carbonyl (C=O) groups is 1. The lowest BCUT2D eigenvalue weighted by Crippen LogP contribution is -2.11. The van der Waals surface area contributed by atoms with Crippen molar-refractivity contribution in [2.45, 2.75) is 26.4 Å². The van der Waals surface area contributed by atoms with Crippen molar-refractivity contribution in [3.8, 4) is 17.6 Å². The monoisotopic (exact) mass is 477 g/mol. The first kappa shape index (κ1) is 20.8. The topological polar surface area (TPSA) is 79.5 Å². The van der Waals surface area contributed by atoms with Crippen LogP contribution in [0.4, 0.5) is 0 Å². The summed E-state index contributed by atoms with van der Waals surface area (Å²) < 4.78 is 12.3. The van der Waals surface area contributed by atoms with Gasteiger partial charge >= 0.3 is 5.97 Å². The van der Waals surface area contributed by atoms with Gasteiger partial charge in [0.15, 0.2) is 11.5 Å². The highest BCUT2D eigenvalue weighted by Gasteiger charge is 2.14. The van der Waals surface area contributed by atoms with Crippen molar-refractivity contribution in [1.29, 1.82) is 5.26 Å². The smallest absolute Gasteiger partial charge is 0.335 e. The van der Waals surface area contributed by atoms with Crippen LogP contribution in [0.2, 0.25) is 0 Å². The molecule has 5 nitrogen and oxygen atoms in total. The van der Waals surface area contributed by atoms with Gasteiger partial charge in [0.2, 0.25) is 0 Å². The lowest BCUT2D eigenvalue weighted by Gasteiger charge is -2.17. The molecule has 6 heteroatoms. The fourth-order valence-electron chi connectivity index (χ4n) is 2.36. The Labute approximate surface area is 172 Å². The largest absolute Gasteiger partial charge is 0.493 e. The lowest BCUT2D eigenvalue weighted by atomic mass is 10.0. The van der Waals surface area contributed by atoms with Crippen LogP contribution in [0.15, 0.2) is 36.4 Å². The van der Waals surface area contributed by atoms with Crippen LogP contribution in [0.1, 0.15) is 41.8 Å². The highest BCUT2D eigenvalue weighted by atomic mass is 127. The van der Waals surface area contributed by atoms with Crippen LogP contribution in [0, 0.1) is 14.9 Å². The summed E-state index contributed by atoms with van der Waals surface area (Å²) in [6, 6.07) is 12.1. The standard InChI is InChI=1S/C21H20INO4/c1-4-13(2)27-20-18(22)10-14(11-19(20)26-3)9-17(12-23)15-5-7-16(8-6-15)21(24)25/h5-11,13H,4H2,1-3H3,(H,24,25)/b17-9-. The zero-order valence-electron chi connectivity index (χ0n) is 15.3. The summed E-state index contributed by atoms with van der Waals surface area (Å²) in [5, 5.41) is 18.5. The van der Waals surface area contributed by atoms with Gasteiger partial charge in [-0.25, -0.2) is 4.79 Å². The Bertz CT molecular complexity index is 898. The second-order valence-electron chi connectivity index (χ2n) is 5.92. The molecule has 0 bridgehead atoms. The summed E-state index contributed by atoms with van der Waals surface area (Å²) >= 11 is 2.19. The number of nitrogens with zero attached hydrogens (tertiary/aromatic N) is 1. The number of nitriles is 1. The number of aromatic carboxylic acids is 1. The molecule has 0 spiro atoms. The molecule has 2 aromatic carbocycles. The van der Waals surface area contributed by atoms with E-state index in [0.29, 0.717) is 22.6 Å². The quantitative estimate of drug-likeness (QED) is 0.335. The Kier molecular flexibility index (Phi) is 7.25. The fourth-order valence-corrected chi connectivity index (χ4v) is 3.11. The highest BCUT2D eigenvalue weighted by Crippen LogP contribution is 2.36. The van der Waals surface area contributed by atoms with Crippen LogP contribution in [0.25, 0.3) is 11.6 Å². The number of rotatable bonds is 7. The SMILES string of the molecule is CCC(C)Oc1c(I)cc(/C=C(/C#N)c2ccc(C(=O)O)cc2)cc1OC. The second-order valence-corrected chi connectivity index (χ2v) is 7.09. The van der Waals surface area contributed by atoms with E-state index in [9.17, 15) is 10.1 Å². The van der Waals surface area contributed by atoms with Gasteiger partial charge in [-0.1, -0.05) is 19.1 Å². The maximum absolute atomic E-state index is 11.0. The van der Waals surface area contributed by atoms with Gasteiger partial charge in [-0.15, -0.1) is 0 Å². The summed E-state index contributed by atoms with van der Waals surface area (Å²) in [5.74, 6) is 0.293. The molecule has 2 aromatic rings. The number of ether oxygens (including phenoxy) is 2. The predicted octanol–water partition coefficient (Wildman–Crippen LogP) is 5.24. The van der Waals surface area contributed by atoms with Gasteiger partial charge in [0, 0.05) is 0 Å². The molecule has 0 amide bonds. The maximum atomic E-state index is 11.0. The van der Waals surface area contributed by atoms with Crippen molar-refractivity contribution >= 4 is 40.2 Å². The third-order valence-electron chi connectivity index (χ3n) is 4.02. The van der Waals surface area contributed by atoms with Gasteiger partial charge in [0.05, 0.1) is 34.0 Å². The van der Waals surface area contributed by atoms with E-state index in [2.05, 4.69) is 35.6 Å². The average molecular weight is 477 g/mol. The van der Waals surface area contributed by atoms with Gasteiger partial charge in [0.25, 0.3) is 0 Å². The highest BCUT2D eigenvalue weighted by molar-refractivity contribution is 14.1. The number of halogens is 1. The Balaban J connectivity index is 2.42.